The first-order valence-electron chi connectivity index (χ1n) is 8.39. The van der Waals surface area contributed by atoms with Crippen LogP contribution >= 0.6 is 0 Å². The molecule has 132 valence electrons. The van der Waals surface area contributed by atoms with Crippen LogP contribution in [0.5, 0.6) is 0 Å². The van der Waals surface area contributed by atoms with Crippen LogP contribution in [0.15, 0.2) is 0 Å². The third-order valence-corrected chi connectivity index (χ3v) is 5.36. The highest BCUT2D eigenvalue weighted by atomic mass is 16.5. The van der Waals surface area contributed by atoms with Gasteiger partial charge in [0, 0.05) is 25.7 Å². The van der Waals surface area contributed by atoms with E-state index in [1.807, 2.05) is 4.90 Å². The Bertz CT molecular complexity index is 443. The van der Waals surface area contributed by atoms with Crippen molar-refractivity contribution in [2.24, 2.45) is 0 Å². The topological polar surface area (TPSA) is 82.1 Å². The number of rotatable bonds is 5. The second-order valence-corrected chi connectivity index (χ2v) is 6.89. The van der Waals surface area contributed by atoms with Crippen molar-refractivity contribution in [1.29, 1.82) is 0 Å². The molecule has 1 aliphatic heterocycles. The Morgan fingerprint density at radius 2 is 2.09 bits per heavy atom. The molecule has 0 aromatic carbocycles. The first-order chi connectivity index (χ1) is 10.8. The predicted molar refractivity (Wildman–Crippen MR) is 86.4 cm³/mol. The second kappa shape index (κ2) is 7.49. The maximum Gasteiger partial charge on any atom is 0.405 e. The minimum atomic E-state index is -1.14. The molecule has 1 heterocycles. The van der Waals surface area contributed by atoms with Crippen LogP contribution in [0.1, 0.15) is 39.5 Å². The predicted octanol–water partition coefficient (Wildman–Crippen LogP) is 1.13. The van der Waals surface area contributed by atoms with Crippen molar-refractivity contribution < 1.29 is 19.4 Å². The largest absolute Gasteiger partial charge is 0.465 e. The molecule has 0 spiro atoms. The van der Waals surface area contributed by atoms with Crippen molar-refractivity contribution >= 4 is 12.0 Å². The fourth-order valence-corrected chi connectivity index (χ4v) is 3.81. The summed E-state index contributed by atoms with van der Waals surface area (Å²) in [6, 6.07) is 0.374. The summed E-state index contributed by atoms with van der Waals surface area (Å²) in [4.78, 5) is 27.4. The third kappa shape index (κ3) is 3.95. The monoisotopic (exact) mass is 327 g/mol. The van der Waals surface area contributed by atoms with Gasteiger partial charge in [-0.3, -0.25) is 4.79 Å². The molecule has 0 unspecified atom stereocenters. The second-order valence-electron chi connectivity index (χ2n) is 6.89. The van der Waals surface area contributed by atoms with Crippen molar-refractivity contribution in [2.45, 2.75) is 69.8 Å². The van der Waals surface area contributed by atoms with Gasteiger partial charge in [0.05, 0.1) is 12.1 Å². The quantitative estimate of drug-likeness (QED) is 0.791. The van der Waals surface area contributed by atoms with Crippen LogP contribution < -0.4 is 5.32 Å². The van der Waals surface area contributed by atoms with E-state index in [0.717, 1.165) is 19.3 Å². The molecular weight excluding hydrogens is 298 g/mol. The van der Waals surface area contributed by atoms with E-state index in [4.69, 9.17) is 9.84 Å². The molecule has 2 amide bonds. The molecule has 2 rings (SSSR count). The molecule has 23 heavy (non-hydrogen) atoms. The summed E-state index contributed by atoms with van der Waals surface area (Å²) in [6.07, 6.45) is 2.22. The Kier molecular flexibility index (Phi) is 5.86. The van der Waals surface area contributed by atoms with E-state index in [0.29, 0.717) is 25.0 Å². The molecule has 0 bridgehead atoms. The van der Waals surface area contributed by atoms with Gasteiger partial charge in [-0.2, -0.15) is 0 Å². The molecule has 7 nitrogen and oxygen atoms in total. The zero-order chi connectivity index (χ0) is 17.1. The maximum absolute atomic E-state index is 12.5. The zero-order valence-electron chi connectivity index (χ0n) is 14.5. The number of nitrogens with zero attached hydrogens (tertiary/aromatic N) is 2. The summed E-state index contributed by atoms with van der Waals surface area (Å²) >= 11 is 0. The zero-order valence-corrected chi connectivity index (χ0v) is 14.5. The van der Waals surface area contributed by atoms with Crippen LogP contribution in [0.2, 0.25) is 0 Å². The lowest BCUT2D eigenvalue weighted by Crippen LogP contribution is -2.54. The van der Waals surface area contributed by atoms with Crippen LogP contribution in [-0.4, -0.2) is 77.9 Å². The van der Waals surface area contributed by atoms with Gasteiger partial charge in [-0.15, -0.1) is 0 Å². The average molecular weight is 327 g/mol. The summed E-state index contributed by atoms with van der Waals surface area (Å²) in [5.41, 5.74) is 0. The van der Waals surface area contributed by atoms with Crippen LogP contribution in [0.4, 0.5) is 4.79 Å². The average Bonchev–Trinajstić information content (AvgIpc) is 2.86. The molecule has 0 aromatic heterocycles. The molecule has 2 aliphatic rings. The van der Waals surface area contributed by atoms with E-state index in [2.05, 4.69) is 31.1 Å². The third-order valence-electron chi connectivity index (χ3n) is 5.36. The van der Waals surface area contributed by atoms with Crippen LogP contribution in [0.3, 0.4) is 0 Å². The van der Waals surface area contributed by atoms with E-state index in [1.165, 1.54) is 0 Å². The van der Waals surface area contributed by atoms with Crippen molar-refractivity contribution in [3.05, 3.63) is 0 Å². The van der Waals surface area contributed by atoms with Gasteiger partial charge in [0.25, 0.3) is 0 Å². The molecular formula is C16H29N3O4. The lowest BCUT2D eigenvalue weighted by molar-refractivity contribution is -0.136. The van der Waals surface area contributed by atoms with E-state index in [9.17, 15) is 9.59 Å². The smallest absolute Gasteiger partial charge is 0.405 e. The van der Waals surface area contributed by atoms with Gasteiger partial charge >= 0.3 is 6.09 Å². The number of hydrogen-bond donors (Lipinski definition) is 2. The number of nitrogens with one attached hydrogen (secondary N) is 1. The summed E-state index contributed by atoms with van der Waals surface area (Å²) in [7, 11) is 3.83. The van der Waals surface area contributed by atoms with Gasteiger partial charge in [-0.05, 0) is 46.6 Å². The van der Waals surface area contributed by atoms with Crippen LogP contribution in [-0.2, 0) is 9.53 Å². The highest BCUT2D eigenvalue weighted by molar-refractivity contribution is 5.87. The molecule has 7 heteroatoms. The number of likely N-dealkylation sites (tertiary alicyclic amines) is 1. The number of carbonyl (C=O) groups is 2. The number of methoxy groups -OCH3 is 1. The first-order valence-corrected chi connectivity index (χ1v) is 8.39. The van der Waals surface area contributed by atoms with Gasteiger partial charge in [0.1, 0.15) is 6.04 Å². The number of amides is 2. The number of hydrogen-bond acceptors (Lipinski definition) is 4. The van der Waals surface area contributed by atoms with E-state index in [1.54, 1.807) is 7.11 Å². The highest BCUT2D eigenvalue weighted by Gasteiger charge is 2.43. The van der Waals surface area contributed by atoms with E-state index >= 15 is 0 Å². The van der Waals surface area contributed by atoms with Crippen LogP contribution in [0.25, 0.3) is 0 Å². The maximum atomic E-state index is 12.5. The van der Waals surface area contributed by atoms with Gasteiger partial charge in [0.2, 0.25) is 5.91 Å². The molecule has 0 aromatic rings. The molecule has 1 saturated carbocycles. The standard InChI is InChI=1S/C16H29N3O4/c1-10(2)18(3)11-5-6-13(14(9-11)23-4)19-8-7-12(15(19)20)17-16(21)22/h10-14,17H,5-9H2,1-4H3,(H,21,22)/t11-,12+,13+,14-/m1/s1. The van der Waals surface area contributed by atoms with Gasteiger partial charge in [-0.25, -0.2) is 4.79 Å². The first kappa shape index (κ1) is 18.0. The van der Waals surface area contributed by atoms with Gasteiger partial charge < -0.3 is 25.0 Å². The minimum Gasteiger partial charge on any atom is -0.465 e. The Balaban J connectivity index is 2.01. The fourth-order valence-electron chi connectivity index (χ4n) is 3.81. The number of carbonyl (C=O) groups excluding carboxylic acids is 1. The lowest BCUT2D eigenvalue weighted by Gasteiger charge is -2.43. The van der Waals surface area contributed by atoms with Crippen molar-refractivity contribution in [1.82, 2.24) is 15.1 Å². The number of carboxylic acid groups (broad SMARTS) is 1. The Hall–Kier alpha value is -1.34. The Labute approximate surface area is 138 Å². The van der Waals surface area contributed by atoms with Crippen molar-refractivity contribution in [2.75, 3.05) is 20.7 Å². The molecule has 2 fully saturated rings. The number of ether oxygens (including phenoxy) is 1. The lowest BCUT2D eigenvalue weighted by atomic mass is 9.86. The Morgan fingerprint density at radius 1 is 1.39 bits per heavy atom. The minimum absolute atomic E-state index is 0.00229. The Morgan fingerprint density at radius 3 is 2.65 bits per heavy atom. The summed E-state index contributed by atoms with van der Waals surface area (Å²) in [5, 5.41) is 11.1. The summed E-state index contributed by atoms with van der Waals surface area (Å²) in [5.74, 6) is -0.116. The molecule has 1 saturated heterocycles. The SMILES string of the molecule is CO[C@@H]1C[C@H](N(C)C(C)C)CC[C@@H]1N1CC[C@H](NC(=O)O)C1=O. The van der Waals surface area contributed by atoms with Crippen molar-refractivity contribution in [3.8, 4) is 0 Å². The summed E-state index contributed by atoms with van der Waals surface area (Å²) < 4.78 is 5.68. The molecule has 1 aliphatic carbocycles. The molecule has 2 N–H and O–H groups in total. The van der Waals surface area contributed by atoms with E-state index < -0.39 is 12.1 Å². The van der Waals surface area contributed by atoms with Gasteiger partial charge in [-0.1, -0.05) is 0 Å². The fraction of sp³-hybridized carbons (Fsp3) is 0.875. The van der Waals surface area contributed by atoms with Crippen molar-refractivity contribution in [3.63, 3.8) is 0 Å². The van der Waals surface area contributed by atoms with Gasteiger partial charge in [0.15, 0.2) is 0 Å². The summed E-state index contributed by atoms with van der Waals surface area (Å²) in [6.45, 7) is 4.96. The molecule has 0 radical (unpaired) electrons. The van der Waals surface area contributed by atoms with E-state index in [-0.39, 0.29) is 18.1 Å². The normalized spacial score (nSPS) is 31.9. The molecule has 4 atom stereocenters. The highest BCUT2D eigenvalue weighted by Crippen LogP contribution is 2.31. The van der Waals surface area contributed by atoms with Crippen LogP contribution in [0, 0.1) is 0 Å².